The number of benzene rings is 3. The minimum Gasteiger partial charge on any atom is -0.508 e. The summed E-state index contributed by atoms with van der Waals surface area (Å²) in [6.45, 7) is 3.57. The number of phenolic OH excluding ortho intramolecular Hbond substituents is 2. The number of aryl methyl sites for hydroxylation is 2. The van der Waals surface area contributed by atoms with Gasteiger partial charge < -0.3 is 19.7 Å². The second-order valence-corrected chi connectivity index (χ2v) is 9.24. The van der Waals surface area contributed by atoms with Crippen LogP contribution in [0.3, 0.4) is 0 Å². The van der Waals surface area contributed by atoms with Crippen molar-refractivity contribution in [3.8, 4) is 34.1 Å². The Bertz CT molecular complexity index is 1600. The molecule has 0 radical (unpaired) electrons. The van der Waals surface area contributed by atoms with E-state index in [1.807, 2.05) is 12.1 Å². The smallest absolute Gasteiger partial charge is 0.357 e. The molecular formula is C27H19NO6S. The third-order valence-electron chi connectivity index (χ3n) is 5.77. The topological polar surface area (TPSA) is 121 Å². The van der Waals surface area contributed by atoms with Crippen LogP contribution in [0, 0.1) is 13.8 Å². The van der Waals surface area contributed by atoms with Gasteiger partial charge in [0.05, 0.1) is 4.88 Å². The summed E-state index contributed by atoms with van der Waals surface area (Å²) in [5.74, 6) is -0.951. The van der Waals surface area contributed by atoms with Gasteiger partial charge in [0.25, 0.3) is 0 Å². The van der Waals surface area contributed by atoms with Crippen LogP contribution in [0.5, 0.6) is 11.5 Å². The molecule has 0 saturated heterocycles. The summed E-state index contributed by atoms with van der Waals surface area (Å²) in [6, 6.07) is 15.3. The van der Waals surface area contributed by atoms with Crippen molar-refractivity contribution < 1.29 is 29.3 Å². The Kier molecular flexibility index (Phi) is 5.37. The summed E-state index contributed by atoms with van der Waals surface area (Å²) < 4.78 is 6.05. The largest absolute Gasteiger partial charge is 0.508 e. The van der Waals surface area contributed by atoms with Gasteiger partial charge in [-0.25, -0.2) is 9.78 Å². The number of aromatic nitrogens is 1. The number of hydrogen-bond acceptors (Lipinski definition) is 7. The summed E-state index contributed by atoms with van der Waals surface area (Å²) >= 11 is 1.30. The van der Waals surface area contributed by atoms with Gasteiger partial charge in [-0.1, -0.05) is 12.1 Å². The molecule has 3 N–H and O–H groups in total. The first-order valence-corrected chi connectivity index (χ1v) is 11.4. The average Bonchev–Trinajstić information content (AvgIpc) is 3.44. The van der Waals surface area contributed by atoms with Gasteiger partial charge in [-0.15, -0.1) is 11.3 Å². The maximum atomic E-state index is 13.8. The molecule has 35 heavy (non-hydrogen) atoms. The predicted octanol–water partition coefficient (Wildman–Crippen LogP) is 6.18. The summed E-state index contributed by atoms with van der Waals surface area (Å²) in [5.41, 5.74) is 3.79. The van der Waals surface area contributed by atoms with Crippen molar-refractivity contribution in [2.24, 2.45) is 0 Å². The highest BCUT2D eigenvalue weighted by atomic mass is 32.1. The van der Waals surface area contributed by atoms with Gasteiger partial charge in [0.2, 0.25) is 11.7 Å². The molecule has 0 spiro atoms. The number of carbonyl (C=O) groups is 2. The van der Waals surface area contributed by atoms with Crippen LogP contribution in [-0.4, -0.2) is 32.1 Å². The van der Waals surface area contributed by atoms with Crippen LogP contribution in [-0.2, 0) is 0 Å². The molecule has 8 heteroatoms. The van der Waals surface area contributed by atoms with E-state index < -0.39 is 5.97 Å². The van der Waals surface area contributed by atoms with Gasteiger partial charge in [-0.05, 0) is 73.0 Å². The van der Waals surface area contributed by atoms with Crippen LogP contribution < -0.4 is 0 Å². The second-order valence-electron chi connectivity index (χ2n) is 8.19. The molecule has 3 aromatic carbocycles. The zero-order valence-corrected chi connectivity index (χ0v) is 19.5. The second kappa shape index (κ2) is 8.41. The lowest BCUT2D eigenvalue weighted by molar-refractivity contribution is 0.0690. The van der Waals surface area contributed by atoms with E-state index in [0.717, 1.165) is 27.5 Å². The normalized spacial score (nSPS) is 11.1. The molecule has 5 aromatic rings. The van der Waals surface area contributed by atoms with Crippen LogP contribution in [0.2, 0.25) is 0 Å². The van der Waals surface area contributed by atoms with Gasteiger partial charge in [0.1, 0.15) is 17.8 Å². The van der Waals surface area contributed by atoms with Crippen LogP contribution in [0.25, 0.3) is 32.7 Å². The molecule has 0 fully saturated rings. The standard InChI is InChI=1S/C27H19NO6S/c1-13-9-18(30)10-14(2)22(13)24(31)25-23(19-8-7-17(29)11-21(19)35-25)15-3-5-16(6-4-15)26-28-20(12-34-26)27(32)33/h3-12,29-30H,1-2H3,(H,32,33). The van der Waals surface area contributed by atoms with E-state index in [-0.39, 0.29) is 28.9 Å². The monoisotopic (exact) mass is 485 g/mol. The van der Waals surface area contributed by atoms with E-state index in [2.05, 4.69) is 4.98 Å². The maximum absolute atomic E-state index is 13.8. The Morgan fingerprint density at radius 2 is 1.54 bits per heavy atom. The number of rotatable bonds is 5. The quantitative estimate of drug-likeness (QED) is 0.254. The highest BCUT2D eigenvalue weighted by molar-refractivity contribution is 7.21. The third kappa shape index (κ3) is 3.94. The summed E-state index contributed by atoms with van der Waals surface area (Å²) in [6.07, 6.45) is 1.09. The predicted molar refractivity (Wildman–Crippen MR) is 132 cm³/mol. The van der Waals surface area contributed by atoms with E-state index in [4.69, 9.17) is 9.52 Å². The SMILES string of the molecule is Cc1cc(O)cc(C)c1C(=O)c1sc2cc(O)ccc2c1-c1ccc(-c2nc(C(=O)O)co2)cc1. The number of carbonyl (C=O) groups excluding carboxylic acids is 1. The highest BCUT2D eigenvalue weighted by Gasteiger charge is 2.24. The van der Waals surface area contributed by atoms with E-state index in [0.29, 0.717) is 27.1 Å². The maximum Gasteiger partial charge on any atom is 0.357 e. The van der Waals surface area contributed by atoms with Crippen molar-refractivity contribution in [2.75, 3.05) is 0 Å². The Morgan fingerprint density at radius 1 is 0.886 bits per heavy atom. The number of oxazole rings is 1. The number of carboxylic acid groups (broad SMARTS) is 1. The van der Waals surface area contributed by atoms with Crippen molar-refractivity contribution in [3.63, 3.8) is 0 Å². The van der Waals surface area contributed by atoms with Crippen molar-refractivity contribution in [1.29, 1.82) is 0 Å². The van der Waals surface area contributed by atoms with Crippen LogP contribution in [0.1, 0.15) is 36.9 Å². The first-order chi connectivity index (χ1) is 16.7. The van der Waals surface area contributed by atoms with Crippen molar-refractivity contribution in [3.05, 3.63) is 88.1 Å². The molecule has 7 nitrogen and oxygen atoms in total. The molecule has 0 aliphatic carbocycles. The number of carboxylic acids is 1. The first kappa shape index (κ1) is 22.4. The van der Waals surface area contributed by atoms with Crippen molar-refractivity contribution >= 4 is 33.2 Å². The van der Waals surface area contributed by atoms with Crippen LogP contribution in [0.4, 0.5) is 0 Å². The van der Waals surface area contributed by atoms with E-state index >= 15 is 0 Å². The molecule has 0 saturated carbocycles. The molecule has 0 amide bonds. The fraction of sp³-hybridized carbons (Fsp3) is 0.0741. The van der Waals surface area contributed by atoms with Crippen LogP contribution in [0.15, 0.2) is 65.3 Å². The Hall–Kier alpha value is -4.43. The number of aromatic carboxylic acids is 1. The molecule has 0 aliphatic rings. The van der Waals surface area contributed by atoms with Gasteiger partial charge in [0, 0.05) is 26.8 Å². The molecular weight excluding hydrogens is 466 g/mol. The van der Waals surface area contributed by atoms with E-state index in [1.54, 1.807) is 56.3 Å². The number of hydrogen-bond donors (Lipinski definition) is 3. The van der Waals surface area contributed by atoms with E-state index in [1.165, 1.54) is 11.3 Å². The Labute approximate surface area is 203 Å². The zero-order valence-electron chi connectivity index (χ0n) is 18.7. The summed E-state index contributed by atoms with van der Waals surface area (Å²) in [7, 11) is 0. The van der Waals surface area contributed by atoms with Gasteiger partial charge >= 0.3 is 5.97 Å². The molecule has 174 valence electrons. The van der Waals surface area contributed by atoms with Crippen molar-refractivity contribution in [2.45, 2.75) is 13.8 Å². The van der Waals surface area contributed by atoms with Gasteiger partial charge in [-0.3, -0.25) is 4.79 Å². The zero-order chi connectivity index (χ0) is 24.9. The fourth-order valence-corrected chi connectivity index (χ4v) is 5.43. The lowest BCUT2D eigenvalue weighted by Crippen LogP contribution is -2.06. The molecule has 0 aliphatic heterocycles. The number of phenols is 2. The molecule has 0 atom stereocenters. The average molecular weight is 486 g/mol. The first-order valence-electron chi connectivity index (χ1n) is 10.6. The molecule has 0 bridgehead atoms. The lowest BCUT2D eigenvalue weighted by Gasteiger charge is -2.11. The number of nitrogens with zero attached hydrogens (tertiary/aromatic N) is 1. The summed E-state index contributed by atoms with van der Waals surface area (Å²) in [4.78, 5) is 29.4. The molecule has 2 aromatic heterocycles. The Balaban J connectivity index is 1.65. The minimum absolute atomic E-state index is 0.103. The minimum atomic E-state index is -1.17. The van der Waals surface area contributed by atoms with E-state index in [9.17, 15) is 19.8 Å². The number of aromatic hydroxyl groups is 2. The highest BCUT2D eigenvalue weighted by Crippen LogP contribution is 2.42. The fourth-order valence-electron chi connectivity index (χ4n) is 4.23. The number of fused-ring (bicyclic) bond motifs is 1. The van der Waals surface area contributed by atoms with Gasteiger partial charge in [-0.2, -0.15) is 0 Å². The van der Waals surface area contributed by atoms with Crippen LogP contribution >= 0.6 is 11.3 Å². The van der Waals surface area contributed by atoms with Gasteiger partial charge in [0.15, 0.2) is 5.69 Å². The molecule has 2 heterocycles. The Morgan fingerprint density at radius 3 is 2.17 bits per heavy atom. The van der Waals surface area contributed by atoms with Crippen molar-refractivity contribution in [1.82, 2.24) is 4.98 Å². The summed E-state index contributed by atoms with van der Waals surface area (Å²) in [5, 5.41) is 29.8. The third-order valence-corrected chi connectivity index (χ3v) is 6.92. The molecule has 5 rings (SSSR count). The molecule has 0 unspecified atom stereocenters. The lowest BCUT2D eigenvalue weighted by atomic mass is 9.93. The number of thiophene rings is 1. The number of ketones is 1.